The maximum Gasteiger partial charge on any atom is 0.416 e. The molecule has 0 aliphatic carbocycles. The van der Waals surface area contributed by atoms with Crippen molar-refractivity contribution in [2.45, 2.75) is 6.18 Å². The average Bonchev–Trinajstić information content (AvgIpc) is 2.55. The van der Waals surface area contributed by atoms with Gasteiger partial charge in [0.1, 0.15) is 0 Å². The molecule has 0 radical (unpaired) electrons. The topological polar surface area (TPSA) is 59.3 Å². The lowest BCUT2D eigenvalue weighted by Crippen LogP contribution is -2.11. The fraction of sp³-hybridized carbons (Fsp3) is 0.125. The van der Waals surface area contributed by atoms with E-state index in [-0.39, 0.29) is 27.6 Å². The lowest BCUT2D eigenvalue weighted by atomic mass is 10.1. The summed E-state index contributed by atoms with van der Waals surface area (Å²) in [5.41, 5.74) is -0.773. The molecule has 24 heavy (non-hydrogen) atoms. The van der Waals surface area contributed by atoms with Gasteiger partial charge in [0.2, 0.25) is 0 Å². The molecule has 8 heteroatoms. The summed E-state index contributed by atoms with van der Waals surface area (Å²) in [7, 11) is 1.29. The molecule has 2 rings (SSSR count). The minimum atomic E-state index is -4.50. The van der Waals surface area contributed by atoms with Crippen LogP contribution >= 0.6 is 11.6 Å². The van der Waals surface area contributed by atoms with Crippen LogP contribution in [0.3, 0.4) is 0 Å². The van der Waals surface area contributed by atoms with E-state index in [9.17, 15) is 18.0 Å². The molecule has 0 saturated carbocycles. The molecule has 0 aliphatic rings. The van der Waals surface area contributed by atoms with Crippen LogP contribution in [0.4, 0.5) is 13.2 Å². The van der Waals surface area contributed by atoms with Crippen molar-refractivity contribution in [3.8, 4) is 17.6 Å². The lowest BCUT2D eigenvalue weighted by molar-refractivity contribution is -0.137. The summed E-state index contributed by atoms with van der Waals surface area (Å²) in [5.74, 6) is -0.976. The van der Waals surface area contributed by atoms with E-state index in [4.69, 9.17) is 26.3 Å². The number of esters is 1. The normalized spacial score (nSPS) is 10.8. The van der Waals surface area contributed by atoms with Crippen molar-refractivity contribution in [1.29, 1.82) is 5.26 Å². The van der Waals surface area contributed by atoms with Gasteiger partial charge < -0.3 is 9.47 Å². The van der Waals surface area contributed by atoms with E-state index in [0.29, 0.717) is 0 Å². The van der Waals surface area contributed by atoms with Crippen LogP contribution in [0.25, 0.3) is 0 Å². The highest BCUT2D eigenvalue weighted by atomic mass is 35.5. The zero-order valence-electron chi connectivity index (χ0n) is 12.1. The SMILES string of the molecule is COc1cc(C#N)cc(Cl)c1OC(=O)c1ccc(C(F)(F)F)cc1. The van der Waals surface area contributed by atoms with Crippen LogP contribution in [0, 0.1) is 11.3 Å². The van der Waals surface area contributed by atoms with Crippen LogP contribution in [0.5, 0.6) is 11.5 Å². The van der Waals surface area contributed by atoms with E-state index in [1.165, 1.54) is 19.2 Å². The molecule has 0 atom stereocenters. The van der Waals surface area contributed by atoms with E-state index in [1.807, 2.05) is 6.07 Å². The van der Waals surface area contributed by atoms with Gasteiger partial charge in [0, 0.05) is 6.07 Å². The molecular weight excluding hydrogens is 347 g/mol. The fourth-order valence-electron chi connectivity index (χ4n) is 1.83. The number of hydrogen-bond donors (Lipinski definition) is 0. The molecule has 124 valence electrons. The molecule has 0 aliphatic heterocycles. The third kappa shape index (κ3) is 3.78. The second-order valence-electron chi connectivity index (χ2n) is 4.57. The molecule has 0 heterocycles. The van der Waals surface area contributed by atoms with Crippen molar-refractivity contribution in [2.75, 3.05) is 7.11 Å². The minimum absolute atomic E-state index is 0.0360. The third-order valence-electron chi connectivity index (χ3n) is 3.00. The number of hydrogen-bond acceptors (Lipinski definition) is 4. The Labute approximate surface area is 140 Å². The molecule has 0 N–H and O–H groups in total. The first-order valence-corrected chi connectivity index (χ1v) is 6.81. The molecule has 4 nitrogen and oxygen atoms in total. The Bertz CT molecular complexity index is 811. The predicted molar refractivity (Wildman–Crippen MR) is 79.1 cm³/mol. The van der Waals surface area contributed by atoms with E-state index >= 15 is 0 Å². The molecular formula is C16H9ClF3NO3. The number of nitriles is 1. The van der Waals surface area contributed by atoms with Crippen molar-refractivity contribution in [1.82, 2.24) is 0 Å². The summed E-state index contributed by atoms with van der Waals surface area (Å²) in [6.07, 6.45) is -4.50. The first-order chi connectivity index (χ1) is 11.3. The van der Waals surface area contributed by atoms with Gasteiger partial charge in [0.15, 0.2) is 11.5 Å². The molecule has 0 saturated heterocycles. The third-order valence-corrected chi connectivity index (χ3v) is 3.28. The van der Waals surface area contributed by atoms with Crippen LogP contribution in [0.1, 0.15) is 21.5 Å². The highest BCUT2D eigenvalue weighted by Gasteiger charge is 2.30. The summed E-state index contributed by atoms with van der Waals surface area (Å²) in [6.45, 7) is 0. The van der Waals surface area contributed by atoms with Crippen molar-refractivity contribution < 1.29 is 27.4 Å². The number of nitrogens with zero attached hydrogens (tertiary/aromatic N) is 1. The first-order valence-electron chi connectivity index (χ1n) is 6.43. The highest BCUT2D eigenvalue weighted by molar-refractivity contribution is 6.32. The highest BCUT2D eigenvalue weighted by Crippen LogP contribution is 2.37. The fourth-order valence-corrected chi connectivity index (χ4v) is 2.08. The molecule has 0 unspecified atom stereocenters. The van der Waals surface area contributed by atoms with Crippen molar-refractivity contribution in [3.05, 3.63) is 58.1 Å². The molecule has 0 aromatic heterocycles. The molecule has 2 aromatic carbocycles. The number of halogens is 4. The number of rotatable bonds is 3. The summed E-state index contributed by atoms with van der Waals surface area (Å²) in [5, 5.41) is 8.82. The predicted octanol–water partition coefficient (Wildman–Crippen LogP) is 4.46. The van der Waals surface area contributed by atoms with Crippen molar-refractivity contribution in [3.63, 3.8) is 0 Å². The molecule has 2 aromatic rings. The Balaban J connectivity index is 2.29. The molecule has 0 amide bonds. The Kier molecular flexibility index (Phi) is 5.00. The number of ether oxygens (including phenoxy) is 2. The van der Waals surface area contributed by atoms with Crippen LogP contribution in [-0.2, 0) is 6.18 Å². The van der Waals surface area contributed by atoms with Crippen LogP contribution in [0.2, 0.25) is 5.02 Å². The zero-order valence-corrected chi connectivity index (χ0v) is 12.9. The quantitative estimate of drug-likeness (QED) is 0.602. The summed E-state index contributed by atoms with van der Waals surface area (Å²) in [6, 6.07) is 8.00. The van der Waals surface area contributed by atoms with Gasteiger partial charge in [-0.3, -0.25) is 0 Å². The van der Waals surface area contributed by atoms with Gasteiger partial charge in [-0.05, 0) is 30.3 Å². The maximum absolute atomic E-state index is 12.5. The Morgan fingerprint density at radius 3 is 2.33 bits per heavy atom. The van der Waals surface area contributed by atoms with Crippen molar-refractivity contribution in [2.24, 2.45) is 0 Å². The number of carbonyl (C=O) groups excluding carboxylic acids is 1. The van der Waals surface area contributed by atoms with E-state index in [0.717, 1.165) is 24.3 Å². The second-order valence-corrected chi connectivity index (χ2v) is 4.97. The molecule has 0 spiro atoms. The standard InChI is InChI=1S/C16H9ClF3NO3/c1-23-13-7-9(8-21)6-12(17)14(13)24-15(22)10-2-4-11(5-3-10)16(18,19)20/h2-7H,1H3. The van der Waals surface area contributed by atoms with Gasteiger partial charge in [-0.1, -0.05) is 11.6 Å². The van der Waals surface area contributed by atoms with Gasteiger partial charge in [-0.2, -0.15) is 18.4 Å². The minimum Gasteiger partial charge on any atom is -0.493 e. The lowest BCUT2D eigenvalue weighted by Gasteiger charge is -2.12. The summed E-state index contributed by atoms with van der Waals surface area (Å²) >= 11 is 5.95. The Hall–Kier alpha value is -2.72. The van der Waals surface area contributed by atoms with E-state index in [2.05, 4.69) is 0 Å². The van der Waals surface area contributed by atoms with Crippen LogP contribution in [0.15, 0.2) is 36.4 Å². The number of benzene rings is 2. The zero-order chi connectivity index (χ0) is 17.9. The number of carbonyl (C=O) groups is 1. The largest absolute Gasteiger partial charge is 0.493 e. The van der Waals surface area contributed by atoms with Crippen molar-refractivity contribution >= 4 is 17.6 Å². The monoisotopic (exact) mass is 355 g/mol. The van der Waals surface area contributed by atoms with Gasteiger partial charge in [0.05, 0.1) is 34.9 Å². The number of alkyl halides is 3. The van der Waals surface area contributed by atoms with E-state index < -0.39 is 17.7 Å². The summed E-state index contributed by atoms with van der Waals surface area (Å²) in [4.78, 5) is 12.1. The second kappa shape index (κ2) is 6.81. The maximum atomic E-state index is 12.5. The van der Waals surface area contributed by atoms with Crippen LogP contribution in [-0.4, -0.2) is 13.1 Å². The Morgan fingerprint density at radius 1 is 1.21 bits per heavy atom. The van der Waals surface area contributed by atoms with Gasteiger partial charge in [-0.25, -0.2) is 4.79 Å². The number of methoxy groups -OCH3 is 1. The van der Waals surface area contributed by atoms with Gasteiger partial charge in [0.25, 0.3) is 0 Å². The van der Waals surface area contributed by atoms with Gasteiger partial charge in [-0.15, -0.1) is 0 Å². The average molecular weight is 356 g/mol. The Morgan fingerprint density at radius 2 is 1.83 bits per heavy atom. The first kappa shape index (κ1) is 17.6. The van der Waals surface area contributed by atoms with Crippen LogP contribution < -0.4 is 9.47 Å². The summed E-state index contributed by atoms with van der Waals surface area (Å²) < 4.78 is 47.6. The smallest absolute Gasteiger partial charge is 0.416 e. The molecule has 0 bridgehead atoms. The van der Waals surface area contributed by atoms with Gasteiger partial charge >= 0.3 is 12.1 Å². The molecule has 0 fully saturated rings. The van der Waals surface area contributed by atoms with E-state index in [1.54, 1.807) is 0 Å².